The van der Waals surface area contributed by atoms with E-state index in [1.165, 1.54) is 11.1 Å². The number of benzene rings is 2. The van der Waals surface area contributed by atoms with Gasteiger partial charge in [-0.3, -0.25) is 9.69 Å². The van der Waals surface area contributed by atoms with E-state index in [1.54, 1.807) is 16.7 Å². The number of carbonyl (C=O) groups excluding carboxylic acids is 1. The minimum absolute atomic E-state index is 0.0592. The van der Waals surface area contributed by atoms with Crippen LogP contribution in [-0.2, 0) is 4.79 Å². The smallest absolute Gasteiger partial charge is 0.229 e. The highest BCUT2D eigenvalue weighted by atomic mass is 32.2. The number of aryl methyl sites for hydroxylation is 2. The van der Waals surface area contributed by atoms with Gasteiger partial charge in [0.1, 0.15) is 5.75 Å². The maximum absolute atomic E-state index is 13.1. The molecule has 2 aromatic rings. The highest BCUT2D eigenvalue weighted by Gasteiger charge is 2.38. The molecule has 0 saturated carbocycles. The Bertz CT molecular complexity index is 1040. The fourth-order valence-corrected chi connectivity index (χ4v) is 5.06. The number of fused-ring (bicyclic) bond motifs is 1. The molecule has 1 fully saturated rings. The van der Waals surface area contributed by atoms with E-state index in [9.17, 15) is 10.1 Å². The Kier molecular flexibility index (Phi) is 5.74. The lowest BCUT2D eigenvalue weighted by molar-refractivity contribution is -0.129. The number of rotatable bonds is 4. The summed E-state index contributed by atoms with van der Waals surface area (Å²) in [6.45, 7) is 7.23. The third-order valence-electron chi connectivity index (χ3n) is 5.74. The summed E-state index contributed by atoms with van der Waals surface area (Å²) in [6.07, 6.45) is 0.307. The summed E-state index contributed by atoms with van der Waals surface area (Å²) < 4.78 is 5.52. The van der Waals surface area contributed by atoms with E-state index in [-0.39, 0.29) is 11.8 Å². The maximum atomic E-state index is 13.1. The normalized spacial score (nSPS) is 18.9. The summed E-state index contributed by atoms with van der Waals surface area (Å²) in [5, 5.41) is 10.7. The molecular formula is C24H25N3O2S. The largest absolute Gasteiger partial charge is 0.494 e. The molecule has 2 aliphatic rings. The van der Waals surface area contributed by atoms with Crippen LogP contribution in [0.3, 0.4) is 0 Å². The van der Waals surface area contributed by atoms with Crippen molar-refractivity contribution in [3.8, 4) is 11.8 Å². The number of hydrogen-bond donors (Lipinski definition) is 0. The van der Waals surface area contributed by atoms with E-state index in [0.29, 0.717) is 31.1 Å². The third kappa shape index (κ3) is 3.78. The lowest BCUT2D eigenvalue weighted by atomic mass is 9.86. The van der Waals surface area contributed by atoms with E-state index >= 15 is 0 Å². The summed E-state index contributed by atoms with van der Waals surface area (Å²) >= 11 is 1.57. The van der Waals surface area contributed by atoms with E-state index in [1.807, 2.05) is 31.2 Å². The predicted molar refractivity (Wildman–Crippen MR) is 120 cm³/mol. The lowest BCUT2D eigenvalue weighted by Gasteiger charge is -2.42. The van der Waals surface area contributed by atoms with Crippen molar-refractivity contribution in [2.24, 2.45) is 0 Å². The third-order valence-corrected chi connectivity index (χ3v) is 6.90. The first kappa shape index (κ1) is 20.4. The Balaban J connectivity index is 1.61. The summed E-state index contributed by atoms with van der Waals surface area (Å²) in [7, 11) is 0. The molecule has 154 valence electrons. The van der Waals surface area contributed by atoms with Gasteiger partial charge < -0.3 is 9.64 Å². The number of nitriles is 1. The van der Waals surface area contributed by atoms with Crippen LogP contribution < -0.4 is 9.64 Å². The molecule has 5 nitrogen and oxygen atoms in total. The van der Waals surface area contributed by atoms with Gasteiger partial charge in [0.15, 0.2) is 0 Å². The zero-order chi connectivity index (χ0) is 21.3. The zero-order valence-electron chi connectivity index (χ0n) is 17.5. The lowest BCUT2D eigenvalue weighted by Crippen LogP contribution is -2.47. The fourth-order valence-electron chi connectivity index (χ4n) is 3.90. The minimum atomic E-state index is -0.204. The average molecular weight is 420 g/mol. The SMILES string of the molecule is CCOc1ccc([C@H]2CC(=O)N3CN(c4ccc(C)c(C)c4)CSC3=C2C#N)cc1. The molecule has 2 aliphatic heterocycles. The van der Waals surface area contributed by atoms with Crippen LogP contribution in [0.4, 0.5) is 5.69 Å². The minimum Gasteiger partial charge on any atom is -0.494 e. The number of allylic oxidation sites excluding steroid dienone is 1. The van der Waals surface area contributed by atoms with Gasteiger partial charge in [-0.15, -0.1) is 0 Å². The van der Waals surface area contributed by atoms with Crippen molar-refractivity contribution in [2.45, 2.75) is 33.1 Å². The van der Waals surface area contributed by atoms with Crippen LogP contribution in [0.1, 0.15) is 36.0 Å². The van der Waals surface area contributed by atoms with E-state index in [4.69, 9.17) is 4.74 Å². The first-order valence-electron chi connectivity index (χ1n) is 10.1. The van der Waals surface area contributed by atoms with Crippen LogP contribution in [0.15, 0.2) is 53.1 Å². The van der Waals surface area contributed by atoms with Gasteiger partial charge in [-0.05, 0) is 61.7 Å². The van der Waals surface area contributed by atoms with Crippen molar-refractivity contribution in [3.63, 3.8) is 0 Å². The topological polar surface area (TPSA) is 56.6 Å². The summed E-state index contributed by atoms with van der Waals surface area (Å²) in [5.74, 6) is 1.37. The number of hydrogen-bond acceptors (Lipinski definition) is 5. The highest BCUT2D eigenvalue weighted by Crippen LogP contribution is 2.43. The van der Waals surface area contributed by atoms with Gasteiger partial charge >= 0.3 is 0 Å². The number of nitrogens with zero attached hydrogens (tertiary/aromatic N) is 3. The van der Waals surface area contributed by atoms with Crippen LogP contribution in [0.5, 0.6) is 5.75 Å². The van der Waals surface area contributed by atoms with Gasteiger partial charge in [0.05, 0.1) is 35.8 Å². The highest BCUT2D eigenvalue weighted by molar-refractivity contribution is 8.03. The van der Waals surface area contributed by atoms with Crippen molar-refractivity contribution in [1.29, 1.82) is 5.26 Å². The van der Waals surface area contributed by atoms with Gasteiger partial charge in [-0.1, -0.05) is 30.0 Å². The molecule has 4 rings (SSSR count). The average Bonchev–Trinajstić information content (AvgIpc) is 2.76. The molecule has 30 heavy (non-hydrogen) atoms. The van der Waals surface area contributed by atoms with Crippen molar-refractivity contribution < 1.29 is 9.53 Å². The molecule has 6 heteroatoms. The van der Waals surface area contributed by atoms with Crippen molar-refractivity contribution in [2.75, 3.05) is 24.1 Å². The summed E-state index contributed by atoms with van der Waals surface area (Å²) in [4.78, 5) is 17.0. The van der Waals surface area contributed by atoms with E-state index in [0.717, 1.165) is 22.0 Å². The second-order valence-electron chi connectivity index (χ2n) is 7.63. The van der Waals surface area contributed by atoms with Gasteiger partial charge in [0.2, 0.25) is 5.91 Å². The Morgan fingerprint density at radius 1 is 1.17 bits per heavy atom. The number of ether oxygens (including phenoxy) is 1. The maximum Gasteiger partial charge on any atom is 0.229 e. The molecule has 1 atom stereocenters. The van der Waals surface area contributed by atoms with Gasteiger partial charge in [-0.25, -0.2) is 0 Å². The van der Waals surface area contributed by atoms with Crippen molar-refractivity contribution in [1.82, 2.24) is 4.90 Å². The van der Waals surface area contributed by atoms with Gasteiger partial charge in [0, 0.05) is 18.0 Å². The predicted octanol–water partition coefficient (Wildman–Crippen LogP) is 4.92. The van der Waals surface area contributed by atoms with Crippen molar-refractivity contribution >= 4 is 23.4 Å². The van der Waals surface area contributed by atoms with Gasteiger partial charge in [0.25, 0.3) is 0 Å². The van der Waals surface area contributed by atoms with Gasteiger partial charge in [-0.2, -0.15) is 5.26 Å². The summed E-state index contributed by atoms with van der Waals surface area (Å²) in [6, 6.07) is 16.5. The Morgan fingerprint density at radius 2 is 1.93 bits per heavy atom. The molecule has 2 heterocycles. The van der Waals surface area contributed by atoms with E-state index < -0.39 is 0 Å². The van der Waals surface area contributed by atoms with Crippen LogP contribution in [0.25, 0.3) is 0 Å². The number of carbonyl (C=O) groups is 1. The number of anilines is 1. The fraction of sp³-hybridized carbons (Fsp3) is 0.333. The van der Waals surface area contributed by atoms with Crippen LogP contribution in [0.2, 0.25) is 0 Å². The van der Waals surface area contributed by atoms with Crippen LogP contribution >= 0.6 is 11.8 Å². The van der Waals surface area contributed by atoms with E-state index in [2.05, 4.69) is 43.0 Å². The zero-order valence-corrected chi connectivity index (χ0v) is 18.3. The molecule has 0 aliphatic carbocycles. The van der Waals surface area contributed by atoms with Crippen molar-refractivity contribution in [3.05, 3.63) is 69.8 Å². The standard InChI is InChI=1S/C24H25N3O2S/c1-4-29-20-9-6-18(7-10-20)21-12-23(28)27-14-26(15-30-24(27)22(21)13-25)19-8-5-16(2)17(3)11-19/h5-11,21H,4,12,14-15H2,1-3H3/t21-/m1/s1. The quantitative estimate of drug-likeness (QED) is 0.704. The van der Waals surface area contributed by atoms with Crippen LogP contribution in [0, 0.1) is 25.2 Å². The molecular weight excluding hydrogens is 394 g/mol. The first-order chi connectivity index (χ1) is 14.5. The summed E-state index contributed by atoms with van der Waals surface area (Å²) in [5.41, 5.74) is 5.25. The second-order valence-corrected chi connectivity index (χ2v) is 8.57. The molecule has 2 aromatic carbocycles. The Labute approximate surface area is 181 Å². The molecule has 0 bridgehead atoms. The number of amides is 1. The molecule has 0 spiro atoms. The Morgan fingerprint density at radius 3 is 2.60 bits per heavy atom. The molecule has 0 N–H and O–H groups in total. The van der Waals surface area contributed by atoms with Crippen LogP contribution in [-0.4, -0.2) is 30.0 Å². The molecule has 0 radical (unpaired) electrons. The monoisotopic (exact) mass is 419 g/mol. The Hall–Kier alpha value is -2.91. The molecule has 0 unspecified atom stereocenters. The first-order valence-corrected chi connectivity index (χ1v) is 11.1. The number of thioether (sulfide) groups is 1. The molecule has 1 saturated heterocycles. The molecule has 1 amide bonds. The second kappa shape index (κ2) is 8.45. The molecule has 0 aromatic heterocycles.